The minimum atomic E-state index is -0.396. The van der Waals surface area contributed by atoms with Gasteiger partial charge in [0.2, 0.25) is 0 Å². The Morgan fingerprint density at radius 1 is 0.643 bits per heavy atom. The van der Waals surface area contributed by atoms with Crippen molar-refractivity contribution >= 4 is 33.3 Å². The summed E-state index contributed by atoms with van der Waals surface area (Å²) in [6, 6.07) is 47.0. The monoisotopic (exact) mass is 915 g/mol. The first-order chi connectivity index (χ1) is 26.3. The molecular weight excluding hydrogens is 864 g/mol. The van der Waals surface area contributed by atoms with E-state index in [9.17, 15) is 0 Å². The van der Waals surface area contributed by atoms with Gasteiger partial charge in [0.05, 0.1) is 16.9 Å². The zero-order valence-corrected chi connectivity index (χ0v) is 36.6. The van der Waals surface area contributed by atoms with Gasteiger partial charge in [-0.25, -0.2) is 0 Å². The smallest absolute Gasteiger partial charge is 0.358 e. The quantitative estimate of drug-likeness (QED) is 0.142. The van der Waals surface area contributed by atoms with Gasteiger partial charge in [0, 0.05) is 17.4 Å². The fraction of sp³-hybridized carbons (Fsp3) is 0.294. The van der Waals surface area contributed by atoms with E-state index in [1.165, 1.54) is 27.8 Å². The first kappa shape index (κ1) is 39.4. The molecule has 0 aliphatic carbocycles. The molecule has 7 aromatic rings. The summed E-state index contributed by atoms with van der Waals surface area (Å²) in [6.45, 7) is 23.2. The third kappa shape index (κ3) is 6.44. The molecule has 5 heteroatoms. The van der Waals surface area contributed by atoms with Crippen molar-refractivity contribution in [2.24, 2.45) is 22.7 Å². The summed E-state index contributed by atoms with van der Waals surface area (Å²) in [5, 5.41) is 2.33. The SMILES string of the molecule is Cc1ccnc(-c2[c-]c3c(cc2)c2ccccc2n3-c2[c-]c(C3=N[C@](C)(C(C(C)C)C(C)C)C(C)(C)N3c3c(C)cccc3C)cc(-c3ccccc3)c2)c1.[Pt+2]. The number of aromatic nitrogens is 2. The molecule has 0 fully saturated rings. The van der Waals surface area contributed by atoms with Gasteiger partial charge < -0.3 is 19.4 Å². The van der Waals surface area contributed by atoms with E-state index >= 15 is 0 Å². The molecular formula is C51H52N4Pt. The van der Waals surface area contributed by atoms with Crippen molar-refractivity contribution in [1.82, 2.24) is 9.55 Å². The average Bonchev–Trinajstić information content (AvgIpc) is 3.59. The fourth-order valence-electron chi connectivity index (χ4n) is 9.74. The Kier molecular flexibility index (Phi) is 10.5. The van der Waals surface area contributed by atoms with Gasteiger partial charge in [-0.1, -0.05) is 117 Å². The summed E-state index contributed by atoms with van der Waals surface area (Å²) in [7, 11) is 0. The van der Waals surface area contributed by atoms with E-state index in [1.54, 1.807) is 0 Å². The molecule has 0 N–H and O–H groups in total. The van der Waals surface area contributed by atoms with Crippen LogP contribution in [0.1, 0.15) is 70.7 Å². The molecule has 0 saturated heterocycles. The van der Waals surface area contributed by atoms with Crippen molar-refractivity contribution in [2.45, 2.75) is 80.3 Å². The summed E-state index contributed by atoms with van der Waals surface area (Å²) < 4.78 is 2.34. The molecule has 4 nitrogen and oxygen atoms in total. The number of aryl methyl sites for hydroxylation is 3. The Hall–Kier alpha value is -4.79. The molecule has 56 heavy (non-hydrogen) atoms. The largest absolute Gasteiger partial charge is 2.00 e. The Balaban J connectivity index is 0.00000480. The second-order valence-corrected chi connectivity index (χ2v) is 17.0. The second kappa shape index (κ2) is 14.9. The van der Waals surface area contributed by atoms with Crippen LogP contribution in [0.5, 0.6) is 0 Å². The summed E-state index contributed by atoms with van der Waals surface area (Å²) in [5.41, 5.74) is 12.3. The van der Waals surface area contributed by atoms with Crippen LogP contribution >= 0.6 is 0 Å². The van der Waals surface area contributed by atoms with Crippen LogP contribution in [0.25, 0.3) is 49.9 Å². The van der Waals surface area contributed by atoms with Crippen LogP contribution in [0, 0.1) is 50.7 Å². The number of nitrogens with zero attached hydrogens (tertiary/aromatic N) is 4. The molecule has 0 radical (unpaired) electrons. The van der Waals surface area contributed by atoms with Crippen LogP contribution in [0.15, 0.2) is 120 Å². The van der Waals surface area contributed by atoms with Crippen molar-refractivity contribution in [3.05, 3.63) is 150 Å². The van der Waals surface area contributed by atoms with Gasteiger partial charge >= 0.3 is 21.1 Å². The van der Waals surface area contributed by atoms with Crippen molar-refractivity contribution in [3.8, 4) is 28.1 Å². The molecule has 1 atom stereocenters. The number of rotatable bonds is 8. The Bertz CT molecular complexity index is 2570. The maximum Gasteiger partial charge on any atom is 2.00 e. The first-order valence-corrected chi connectivity index (χ1v) is 19.8. The number of aliphatic imine (C=N–C) groups is 1. The topological polar surface area (TPSA) is 33.4 Å². The third-order valence-electron chi connectivity index (χ3n) is 12.3. The van der Waals surface area contributed by atoms with Gasteiger partial charge in [-0.15, -0.1) is 47.5 Å². The van der Waals surface area contributed by atoms with Gasteiger partial charge in [0.15, 0.2) is 0 Å². The second-order valence-electron chi connectivity index (χ2n) is 17.0. The zero-order valence-electron chi connectivity index (χ0n) is 34.3. The molecule has 286 valence electrons. The van der Waals surface area contributed by atoms with E-state index in [4.69, 9.17) is 9.98 Å². The van der Waals surface area contributed by atoms with Gasteiger partial charge in [-0.3, -0.25) is 0 Å². The van der Waals surface area contributed by atoms with Gasteiger partial charge in [0.1, 0.15) is 0 Å². The van der Waals surface area contributed by atoms with Crippen molar-refractivity contribution in [3.63, 3.8) is 0 Å². The first-order valence-electron chi connectivity index (χ1n) is 19.8. The number of anilines is 1. The number of amidine groups is 1. The number of hydrogen-bond donors (Lipinski definition) is 0. The third-order valence-corrected chi connectivity index (χ3v) is 12.3. The van der Waals surface area contributed by atoms with E-state index in [0.29, 0.717) is 17.8 Å². The molecule has 0 amide bonds. The van der Waals surface area contributed by atoms with Gasteiger partial charge in [-0.2, -0.15) is 0 Å². The van der Waals surface area contributed by atoms with Crippen LogP contribution < -0.4 is 4.90 Å². The Labute approximate surface area is 348 Å². The van der Waals surface area contributed by atoms with Crippen molar-refractivity contribution in [2.75, 3.05) is 4.90 Å². The van der Waals surface area contributed by atoms with Crippen LogP contribution in [0.3, 0.4) is 0 Å². The van der Waals surface area contributed by atoms with E-state index in [-0.39, 0.29) is 26.6 Å². The van der Waals surface area contributed by atoms with Crippen molar-refractivity contribution in [1.29, 1.82) is 0 Å². The molecule has 0 unspecified atom stereocenters. The molecule has 1 aliphatic rings. The number of pyridine rings is 1. The summed E-state index contributed by atoms with van der Waals surface area (Å²) in [5.74, 6) is 2.18. The minimum Gasteiger partial charge on any atom is -0.358 e. The van der Waals surface area contributed by atoms with Gasteiger partial charge in [-0.05, 0) is 110 Å². The van der Waals surface area contributed by atoms with E-state index < -0.39 is 5.54 Å². The summed E-state index contributed by atoms with van der Waals surface area (Å²) in [4.78, 5) is 13.3. The van der Waals surface area contributed by atoms with Crippen LogP contribution in [0.4, 0.5) is 5.69 Å². The molecule has 0 spiro atoms. The molecule has 3 heterocycles. The van der Waals surface area contributed by atoms with E-state index in [0.717, 1.165) is 55.9 Å². The number of benzene rings is 5. The summed E-state index contributed by atoms with van der Waals surface area (Å²) >= 11 is 0. The molecule has 2 aromatic heterocycles. The molecule has 0 bridgehead atoms. The zero-order chi connectivity index (χ0) is 38.8. The number of hydrogen-bond acceptors (Lipinski definition) is 3. The summed E-state index contributed by atoms with van der Waals surface area (Å²) in [6.07, 6.45) is 1.88. The molecule has 5 aromatic carbocycles. The maximum absolute atomic E-state index is 5.96. The Morgan fingerprint density at radius 2 is 1.32 bits per heavy atom. The van der Waals surface area contributed by atoms with Crippen LogP contribution in [0.2, 0.25) is 0 Å². The van der Waals surface area contributed by atoms with E-state index in [2.05, 4.69) is 194 Å². The molecule has 0 saturated carbocycles. The predicted octanol–water partition coefficient (Wildman–Crippen LogP) is 12.8. The molecule has 1 aliphatic heterocycles. The average molecular weight is 916 g/mol. The fourth-order valence-corrected chi connectivity index (χ4v) is 9.74. The minimum absolute atomic E-state index is 0. The van der Waals surface area contributed by atoms with E-state index in [1.807, 2.05) is 12.3 Å². The predicted molar refractivity (Wildman–Crippen MR) is 232 cm³/mol. The number of para-hydroxylation sites is 2. The van der Waals surface area contributed by atoms with Crippen LogP contribution in [-0.4, -0.2) is 26.5 Å². The van der Waals surface area contributed by atoms with Crippen molar-refractivity contribution < 1.29 is 21.1 Å². The van der Waals surface area contributed by atoms with Crippen LogP contribution in [-0.2, 0) is 21.1 Å². The normalized spacial score (nSPS) is 16.7. The standard InChI is InChI=1S/C51H52N4.Pt/c1-32(2)47(33(3)4)51(10)50(8,9)55(48-35(6)17-16-18-36(48)7)49(53-51)40-28-39(37-19-12-11-13-20-37)29-41(30-40)54-45-22-15-14-21-42(45)43-24-23-38(31-46(43)54)44-27-34(5)25-26-52-44;/h11-29,32-33,47H,1-10H3;/q-2;+2/t51-;/m1./s1. The number of fused-ring (bicyclic) bond motifs is 3. The molecule has 8 rings (SSSR count). The maximum atomic E-state index is 5.96. The van der Waals surface area contributed by atoms with Gasteiger partial charge in [0.25, 0.3) is 0 Å². The Morgan fingerprint density at radius 3 is 2.00 bits per heavy atom.